The van der Waals surface area contributed by atoms with Crippen LogP contribution in [0.3, 0.4) is 0 Å². The number of hydrogen-bond acceptors (Lipinski definition) is 4. The Labute approximate surface area is 117 Å². The molecule has 0 amide bonds. The van der Waals surface area contributed by atoms with Crippen LogP contribution in [-0.4, -0.2) is 27.2 Å². The molecule has 0 aliphatic heterocycles. The number of fused-ring (bicyclic) bond motifs is 1. The van der Waals surface area contributed by atoms with Crippen molar-refractivity contribution in [2.75, 3.05) is 11.9 Å². The van der Waals surface area contributed by atoms with E-state index >= 15 is 0 Å². The van der Waals surface area contributed by atoms with Crippen LogP contribution in [0.25, 0.3) is 10.9 Å². The zero-order valence-electron chi connectivity index (χ0n) is 11.3. The summed E-state index contributed by atoms with van der Waals surface area (Å²) in [5, 5.41) is 12.0. The van der Waals surface area contributed by atoms with Gasteiger partial charge in [0.15, 0.2) is 0 Å². The highest BCUT2D eigenvalue weighted by molar-refractivity contribution is 5.89. The van der Waals surface area contributed by atoms with E-state index in [-0.39, 0.29) is 17.8 Å². The number of benzene rings is 1. The summed E-state index contributed by atoms with van der Waals surface area (Å²) in [5.74, 6) is -2.48. The fourth-order valence-corrected chi connectivity index (χ4v) is 1.70. The van der Waals surface area contributed by atoms with Crippen molar-refractivity contribution in [1.82, 2.24) is 9.97 Å². The molecule has 0 unspecified atom stereocenters. The lowest BCUT2D eigenvalue weighted by molar-refractivity contribution is -0.144. The Kier molecular flexibility index (Phi) is 3.75. The number of rotatable bonds is 3. The summed E-state index contributed by atoms with van der Waals surface area (Å²) in [7, 11) is 0. The van der Waals surface area contributed by atoms with Crippen LogP contribution >= 0.6 is 0 Å². The van der Waals surface area contributed by atoms with E-state index in [9.17, 15) is 22.7 Å². The quantitative estimate of drug-likeness (QED) is 0.856. The molecule has 0 spiro atoms. The van der Waals surface area contributed by atoms with Crippen LogP contribution in [0, 0.1) is 5.82 Å². The van der Waals surface area contributed by atoms with E-state index in [2.05, 4.69) is 15.3 Å². The third-order valence-corrected chi connectivity index (χ3v) is 2.78. The minimum absolute atomic E-state index is 0.115. The fraction of sp³-hybridized carbons (Fsp3) is 0.385. The van der Waals surface area contributed by atoms with Crippen LogP contribution in [0.1, 0.15) is 19.7 Å². The molecule has 0 aliphatic carbocycles. The van der Waals surface area contributed by atoms with Gasteiger partial charge in [-0.2, -0.15) is 13.2 Å². The fourth-order valence-electron chi connectivity index (χ4n) is 1.70. The van der Waals surface area contributed by atoms with E-state index in [0.717, 1.165) is 6.07 Å². The maximum absolute atomic E-state index is 13.7. The van der Waals surface area contributed by atoms with Crippen LogP contribution in [0.5, 0.6) is 0 Å². The molecule has 4 nitrogen and oxygen atoms in total. The third kappa shape index (κ3) is 3.21. The summed E-state index contributed by atoms with van der Waals surface area (Å²) in [6.07, 6.45) is -4.80. The number of hydrogen-bond donors (Lipinski definition) is 2. The van der Waals surface area contributed by atoms with Crippen LogP contribution in [-0.2, 0) is 6.18 Å². The Morgan fingerprint density at radius 1 is 1.19 bits per heavy atom. The number of alkyl halides is 3. The SMILES string of the molecule is CC(C)(CO)Nc1nc(C(F)(F)F)nc2c(F)cccc12. The normalized spacial score (nSPS) is 12.7. The Bertz CT molecular complexity index is 670. The molecule has 0 saturated heterocycles. The average Bonchev–Trinajstić information content (AvgIpc) is 2.38. The zero-order valence-corrected chi connectivity index (χ0v) is 11.3. The minimum atomic E-state index is -4.80. The Hall–Kier alpha value is -1.96. The van der Waals surface area contributed by atoms with Gasteiger partial charge >= 0.3 is 6.18 Å². The van der Waals surface area contributed by atoms with E-state index in [4.69, 9.17) is 0 Å². The summed E-state index contributed by atoms with van der Waals surface area (Å²) < 4.78 is 52.2. The zero-order chi connectivity index (χ0) is 15.8. The first-order chi connectivity index (χ1) is 9.64. The molecule has 0 fully saturated rings. The van der Waals surface area contributed by atoms with Gasteiger partial charge in [-0.1, -0.05) is 6.07 Å². The number of anilines is 1. The van der Waals surface area contributed by atoms with Crippen molar-refractivity contribution in [3.8, 4) is 0 Å². The van der Waals surface area contributed by atoms with Crippen LogP contribution in [0.15, 0.2) is 18.2 Å². The summed E-state index contributed by atoms with van der Waals surface area (Å²) >= 11 is 0. The van der Waals surface area contributed by atoms with Gasteiger partial charge in [0.05, 0.1) is 12.1 Å². The summed E-state index contributed by atoms with van der Waals surface area (Å²) in [4.78, 5) is 6.67. The van der Waals surface area contributed by atoms with Gasteiger partial charge in [-0.05, 0) is 26.0 Å². The lowest BCUT2D eigenvalue weighted by atomic mass is 10.1. The predicted octanol–water partition coefficient (Wildman–Crippen LogP) is 2.97. The summed E-state index contributed by atoms with van der Waals surface area (Å²) in [5.41, 5.74) is -1.34. The first kappa shape index (κ1) is 15.4. The van der Waals surface area contributed by atoms with E-state index in [0.29, 0.717) is 0 Å². The van der Waals surface area contributed by atoms with E-state index in [1.54, 1.807) is 13.8 Å². The number of halogens is 4. The highest BCUT2D eigenvalue weighted by Crippen LogP contribution is 2.32. The molecule has 21 heavy (non-hydrogen) atoms. The van der Waals surface area contributed by atoms with E-state index in [1.165, 1.54) is 12.1 Å². The molecule has 1 aromatic carbocycles. The first-order valence-electron chi connectivity index (χ1n) is 6.06. The maximum Gasteiger partial charge on any atom is 0.451 e. The number of aromatic nitrogens is 2. The van der Waals surface area contributed by atoms with Crippen molar-refractivity contribution in [3.63, 3.8) is 0 Å². The largest absolute Gasteiger partial charge is 0.451 e. The first-order valence-corrected chi connectivity index (χ1v) is 6.06. The highest BCUT2D eigenvalue weighted by atomic mass is 19.4. The van der Waals surface area contributed by atoms with Crippen molar-refractivity contribution < 1.29 is 22.7 Å². The summed E-state index contributed by atoms with van der Waals surface area (Å²) in [6, 6.07) is 3.79. The second-order valence-corrected chi connectivity index (χ2v) is 5.20. The summed E-state index contributed by atoms with van der Waals surface area (Å²) in [6.45, 7) is 2.82. The topological polar surface area (TPSA) is 58.0 Å². The minimum Gasteiger partial charge on any atom is -0.394 e. The van der Waals surface area contributed by atoms with Gasteiger partial charge in [0.1, 0.15) is 17.2 Å². The molecule has 0 aliphatic rings. The third-order valence-electron chi connectivity index (χ3n) is 2.78. The molecule has 2 rings (SSSR count). The predicted molar refractivity (Wildman–Crippen MR) is 69.3 cm³/mol. The van der Waals surface area contributed by atoms with E-state index in [1.807, 2.05) is 0 Å². The lowest BCUT2D eigenvalue weighted by Gasteiger charge is -2.25. The van der Waals surface area contributed by atoms with Gasteiger partial charge in [0.2, 0.25) is 5.82 Å². The molecule has 2 N–H and O–H groups in total. The van der Waals surface area contributed by atoms with Crippen molar-refractivity contribution in [2.24, 2.45) is 0 Å². The number of aliphatic hydroxyl groups excluding tert-OH is 1. The molecule has 1 aromatic heterocycles. The van der Waals surface area contributed by atoms with Crippen LogP contribution in [0.2, 0.25) is 0 Å². The number of nitrogens with zero attached hydrogens (tertiary/aromatic N) is 2. The average molecular weight is 303 g/mol. The molecule has 0 atom stereocenters. The van der Waals surface area contributed by atoms with Crippen LogP contribution < -0.4 is 5.32 Å². The molecular weight excluding hydrogens is 290 g/mol. The molecule has 1 heterocycles. The lowest BCUT2D eigenvalue weighted by Crippen LogP contribution is -2.35. The van der Waals surface area contributed by atoms with E-state index < -0.39 is 28.9 Å². The van der Waals surface area contributed by atoms with Gasteiger partial charge < -0.3 is 10.4 Å². The van der Waals surface area contributed by atoms with Gasteiger partial charge in [-0.25, -0.2) is 14.4 Å². The molecule has 8 heteroatoms. The Balaban J connectivity index is 2.69. The van der Waals surface area contributed by atoms with Crippen LogP contribution in [0.4, 0.5) is 23.4 Å². The van der Waals surface area contributed by atoms with Crippen molar-refractivity contribution in [1.29, 1.82) is 0 Å². The number of nitrogens with one attached hydrogen (secondary N) is 1. The second-order valence-electron chi connectivity index (χ2n) is 5.20. The standard InChI is InChI=1S/C13H13F4N3O/c1-12(2,6-21)20-10-7-4-3-5-8(14)9(7)18-11(19-10)13(15,16)17/h3-5,21H,6H2,1-2H3,(H,18,19,20). The highest BCUT2D eigenvalue weighted by Gasteiger charge is 2.36. The molecule has 0 radical (unpaired) electrons. The van der Waals surface area contributed by atoms with Crippen molar-refractivity contribution >= 4 is 16.7 Å². The Morgan fingerprint density at radius 2 is 1.86 bits per heavy atom. The second kappa shape index (κ2) is 5.10. The molecular formula is C13H13F4N3O. The van der Waals surface area contributed by atoms with Crippen molar-refractivity contribution in [3.05, 3.63) is 29.8 Å². The molecule has 0 bridgehead atoms. The molecule has 0 saturated carbocycles. The number of aliphatic hydroxyl groups is 1. The van der Waals surface area contributed by atoms with Gasteiger partial charge in [-0.15, -0.1) is 0 Å². The van der Waals surface area contributed by atoms with Crippen molar-refractivity contribution in [2.45, 2.75) is 25.6 Å². The smallest absolute Gasteiger partial charge is 0.394 e. The van der Waals surface area contributed by atoms with Gasteiger partial charge in [0, 0.05) is 5.39 Å². The Morgan fingerprint density at radius 3 is 2.43 bits per heavy atom. The van der Waals surface area contributed by atoms with Gasteiger partial charge in [0.25, 0.3) is 0 Å². The van der Waals surface area contributed by atoms with Gasteiger partial charge in [-0.3, -0.25) is 0 Å². The molecule has 2 aromatic rings. The number of para-hydroxylation sites is 1. The molecule has 114 valence electrons. The monoisotopic (exact) mass is 303 g/mol. The maximum atomic E-state index is 13.7.